The van der Waals surface area contributed by atoms with E-state index in [-0.39, 0.29) is 43.0 Å². The average molecular weight is 394 g/mol. The highest BCUT2D eigenvalue weighted by molar-refractivity contribution is 5.98. The van der Waals surface area contributed by atoms with Crippen LogP contribution in [0.3, 0.4) is 0 Å². The van der Waals surface area contributed by atoms with Gasteiger partial charge in [0.15, 0.2) is 0 Å². The Bertz CT molecular complexity index is 881. The van der Waals surface area contributed by atoms with Gasteiger partial charge in [0.2, 0.25) is 11.8 Å². The smallest absolute Gasteiger partial charge is 0.246 e. The van der Waals surface area contributed by atoms with Gasteiger partial charge in [0.25, 0.3) is 0 Å². The molecule has 152 valence electrons. The number of rotatable bonds is 7. The second kappa shape index (κ2) is 9.37. The van der Waals surface area contributed by atoms with Crippen LogP contribution in [0.25, 0.3) is 0 Å². The van der Waals surface area contributed by atoms with E-state index in [1.165, 1.54) is 6.92 Å². The quantitative estimate of drug-likeness (QED) is 0.724. The van der Waals surface area contributed by atoms with Crippen molar-refractivity contribution in [1.29, 1.82) is 0 Å². The molecule has 2 aromatic carbocycles. The lowest BCUT2D eigenvalue weighted by Gasteiger charge is -2.41. The molecular weight excluding hydrogens is 368 g/mol. The Balaban J connectivity index is 1.84. The zero-order chi connectivity index (χ0) is 20.8. The number of hydrogen-bond donors (Lipinski definition) is 0. The summed E-state index contributed by atoms with van der Waals surface area (Å²) in [5.41, 5.74) is 1.85. The number of amides is 2. The fourth-order valence-corrected chi connectivity index (χ4v) is 3.58. The summed E-state index contributed by atoms with van der Waals surface area (Å²) < 4.78 is 5.28. The zero-order valence-electron chi connectivity index (χ0n) is 16.8. The van der Waals surface area contributed by atoms with E-state index < -0.39 is 0 Å². The van der Waals surface area contributed by atoms with Crippen molar-refractivity contribution in [3.05, 3.63) is 60.2 Å². The second-order valence-corrected chi connectivity index (χ2v) is 7.27. The molecule has 1 atom stereocenters. The summed E-state index contributed by atoms with van der Waals surface area (Å²) in [6.07, 6.45) is 0.967. The van der Waals surface area contributed by atoms with Crippen LogP contribution in [0.4, 0.5) is 5.69 Å². The number of hydrogen-bond acceptors (Lipinski definition) is 4. The van der Waals surface area contributed by atoms with Gasteiger partial charge < -0.3 is 19.3 Å². The Labute approximate surface area is 171 Å². The number of piperazine rings is 1. The van der Waals surface area contributed by atoms with Crippen molar-refractivity contribution < 1.29 is 19.1 Å². The normalized spacial score (nSPS) is 16.6. The SMILES string of the molecule is COc1cccc(N2CC(Cc3ccccc3)N(C(=O)CCC(C)=O)CC2=O)c1. The summed E-state index contributed by atoms with van der Waals surface area (Å²) in [6, 6.07) is 17.1. The number of carbonyl (C=O) groups is 3. The van der Waals surface area contributed by atoms with Gasteiger partial charge in [-0.3, -0.25) is 9.59 Å². The highest BCUT2D eigenvalue weighted by Gasteiger charge is 2.35. The van der Waals surface area contributed by atoms with Gasteiger partial charge in [0, 0.05) is 31.1 Å². The molecule has 0 aliphatic carbocycles. The summed E-state index contributed by atoms with van der Waals surface area (Å²) in [7, 11) is 1.59. The molecular formula is C23H26N2O4. The van der Waals surface area contributed by atoms with Gasteiger partial charge >= 0.3 is 0 Å². The summed E-state index contributed by atoms with van der Waals surface area (Å²) in [5, 5.41) is 0. The molecule has 0 spiro atoms. The Kier molecular flexibility index (Phi) is 6.65. The van der Waals surface area contributed by atoms with E-state index in [0.717, 1.165) is 11.3 Å². The van der Waals surface area contributed by atoms with Crippen molar-refractivity contribution in [1.82, 2.24) is 4.90 Å². The monoisotopic (exact) mass is 394 g/mol. The third-order valence-electron chi connectivity index (χ3n) is 5.13. The zero-order valence-corrected chi connectivity index (χ0v) is 16.8. The van der Waals surface area contributed by atoms with Crippen molar-refractivity contribution in [3.8, 4) is 5.75 Å². The van der Waals surface area contributed by atoms with Gasteiger partial charge in [-0.15, -0.1) is 0 Å². The topological polar surface area (TPSA) is 66.9 Å². The first-order chi connectivity index (χ1) is 14.0. The van der Waals surface area contributed by atoms with E-state index in [4.69, 9.17) is 4.74 Å². The van der Waals surface area contributed by atoms with Crippen LogP contribution < -0.4 is 9.64 Å². The van der Waals surface area contributed by atoms with Crippen LogP contribution >= 0.6 is 0 Å². The molecule has 2 aromatic rings. The third kappa shape index (κ3) is 5.22. The number of nitrogens with zero attached hydrogens (tertiary/aromatic N) is 2. The van der Waals surface area contributed by atoms with Crippen LogP contribution in [0.5, 0.6) is 5.75 Å². The van der Waals surface area contributed by atoms with Crippen LogP contribution in [0.1, 0.15) is 25.3 Å². The summed E-state index contributed by atoms with van der Waals surface area (Å²) >= 11 is 0. The molecule has 1 aliphatic heterocycles. The molecule has 6 heteroatoms. The fourth-order valence-electron chi connectivity index (χ4n) is 3.58. The molecule has 0 N–H and O–H groups in total. The fraction of sp³-hybridized carbons (Fsp3) is 0.348. The van der Waals surface area contributed by atoms with E-state index in [0.29, 0.717) is 18.7 Å². The standard InChI is InChI=1S/C23H26N2O4/c1-17(26)11-12-22(27)25-16-23(28)24(19-9-6-10-21(14-19)29-2)15-20(25)13-18-7-4-3-5-8-18/h3-10,14,20H,11-13,15-16H2,1-2H3. The second-order valence-electron chi connectivity index (χ2n) is 7.27. The van der Waals surface area contributed by atoms with Gasteiger partial charge in [-0.1, -0.05) is 36.4 Å². The summed E-state index contributed by atoms with van der Waals surface area (Å²) in [5.74, 6) is 0.354. The van der Waals surface area contributed by atoms with Crippen molar-refractivity contribution >= 4 is 23.3 Å². The number of methoxy groups -OCH3 is 1. The van der Waals surface area contributed by atoms with E-state index >= 15 is 0 Å². The summed E-state index contributed by atoms with van der Waals surface area (Å²) in [6.45, 7) is 1.87. The lowest BCUT2D eigenvalue weighted by atomic mass is 10.0. The molecule has 0 aromatic heterocycles. The minimum atomic E-state index is -0.166. The number of benzene rings is 2. The van der Waals surface area contributed by atoms with E-state index in [2.05, 4.69) is 0 Å². The predicted molar refractivity (Wildman–Crippen MR) is 111 cm³/mol. The number of ether oxygens (including phenoxy) is 1. The van der Waals surface area contributed by atoms with Crippen molar-refractivity contribution in [3.63, 3.8) is 0 Å². The van der Waals surface area contributed by atoms with Gasteiger partial charge in [-0.05, 0) is 31.0 Å². The van der Waals surface area contributed by atoms with Crippen LogP contribution in [0.2, 0.25) is 0 Å². The molecule has 1 unspecified atom stereocenters. The Hall–Kier alpha value is -3.15. The Morgan fingerprint density at radius 3 is 2.52 bits per heavy atom. The molecule has 29 heavy (non-hydrogen) atoms. The van der Waals surface area contributed by atoms with Crippen LogP contribution in [0, 0.1) is 0 Å². The molecule has 1 fully saturated rings. The highest BCUT2D eigenvalue weighted by Crippen LogP contribution is 2.26. The molecule has 0 radical (unpaired) electrons. The molecule has 1 saturated heterocycles. The predicted octanol–water partition coefficient (Wildman–Crippen LogP) is 2.85. The van der Waals surface area contributed by atoms with Gasteiger partial charge in [-0.2, -0.15) is 0 Å². The average Bonchev–Trinajstić information content (AvgIpc) is 2.73. The lowest BCUT2D eigenvalue weighted by molar-refractivity contribution is -0.140. The first kappa shape index (κ1) is 20.6. The largest absolute Gasteiger partial charge is 0.497 e. The first-order valence-electron chi connectivity index (χ1n) is 9.75. The maximum Gasteiger partial charge on any atom is 0.246 e. The number of Topliss-reactive ketones (excluding diaryl/α,β-unsaturated/α-hetero) is 1. The van der Waals surface area contributed by atoms with Crippen molar-refractivity contribution in [2.45, 2.75) is 32.2 Å². The molecule has 6 nitrogen and oxygen atoms in total. The molecule has 2 amide bonds. The van der Waals surface area contributed by atoms with Gasteiger partial charge in [-0.25, -0.2) is 0 Å². The van der Waals surface area contributed by atoms with E-state index in [9.17, 15) is 14.4 Å². The minimum absolute atomic E-state index is 0.00540. The maximum atomic E-state index is 12.9. The molecule has 1 aliphatic rings. The van der Waals surface area contributed by atoms with Crippen molar-refractivity contribution in [2.75, 3.05) is 25.1 Å². The summed E-state index contributed by atoms with van der Waals surface area (Å²) in [4.78, 5) is 40.3. The maximum absolute atomic E-state index is 12.9. The highest BCUT2D eigenvalue weighted by atomic mass is 16.5. The van der Waals surface area contributed by atoms with Gasteiger partial charge in [0.05, 0.1) is 13.2 Å². The number of carbonyl (C=O) groups excluding carboxylic acids is 3. The Morgan fingerprint density at radius 1 is 1.07 bits per heavy atom. The van der Waals surface area contributed by atoms with Crippen LogP contribution in [-0.4, -0.2) is 48.7 Å². The molecule has 0 saturated carbocycles. The van der Waals surface area contributed by atoms with Crippen LogP contribution in [-0.2, 0) is 20.8 Å². The third-order valence-corrected chi connectivity index (χ3v) is 5.13. The molecule has 1 heterocycles. The molecule has 0 bridgehead atoms. The lowest BCUT2D eigenvalue weighted by Crippen LogP contribution is -2.59. The Morgan fingerprint density at radius 2 is 1.83 bits per heavy atom. The van der Waals surface area contributed by atoms with Crippen LogP contribution in [0.15, 0.2) is 54.6 Å². The van der Waals surface area contributed by atoms with E-state index in [1.807, 2.05) is 54.6 Å². The number of anilines is 1. The van der Waals surface area contributed by atoms with Gasteiger partial charge in [0.1, 0.15) is 18.1 Å². The number of ketones is 1. The van der Waals surface area contributed by atoms with Crippen molar-refractivity contribution in [2.24, 2.45) is 0 Å². The molecule has 3 rings (SSSR count). The first-order valence-corrected chi connectivity index (χ1v) is 9.75. The van der Waals surface area contributed by atoms with E-state index in [1.54, 1.807) is 16.9 Å². The minimum Gasteiger partial charge on any atom is -0.497 e.